The summed E-state index contributed by atoms with van der Waals surface area (Å²) in [5, 5.41) is 0. The second-order valence-electron chi connectivity index (χ2n) is 1.53. The van der Waals surface area contributed by atoms with Gasteiger partial charge in [0.05, 0.1) is 12.9 Å². The van der Waals surface area contributed by atoms with E-state index in [0.29, 0.717) is 13.2 Å². The molecule has 0 unspecified atom stereocenters. The Labute approximate surface area is 56.0 Å². The third kappa shape index (κ3) is 7.24. The van der Waals surface area contributed by atoms with Crippen molar-refractivity contribution in [1.29, 1.82) is 0 Å². The minimum Gasteiger partial charge on any atom is -0.501 e. The lowest BCUT2D eigenvalue weighted by atomic mass is 10.4. The van der Waals surface area contributed by atoms with E-state index in [0.717, 1.165) is 6.42 Å². The van der Waals surface area contributed by atoms with Crippen molar-refractivity contribution in [1.82, 2.24) is 0 Å². The highest BCUT2D eigenvalue weighted by molar-refractivity contribution is 4.82. The zero-order chi connectivity index (χ0) is 6.95. The normalized spacial score (nSPS) is 9.89. The minimum atomic E-state index is 0.605. The van der Waals surface area contributed by atoms with Gasteiger partial charge in [-0.1, -0.05) is 18.7 Å². The number of hydrogen-bond acceptors (Lipinski definition) is 2. The Morgan fingerprint density at radius 2 is 2.22 bits per heavy atom. The van der Waals surface area contributed by atoms with Gasteiger partial charge < -0.3 is 10.5 Å². The standard InChI is InChI=1S/C7H13NO/c1-2-9-7-5-3-4-6-8/h2-4H,1,5-8H2. The highest BCUT2D eigenvalue weighted by Crippen LogP contribution is 1.83. The molecule has 0 aromatic carbocycles. The van der Waals surface area contributed by atoms with Gasteiger partial charge in [-0.25, -0.2) is 0 Å². The molecule has 0 spiro atoms. The Hall–Kier alpha value is -0.760. The van der Waals surface area contributed by atoms with Gasteiger partial charge in [0, 0.05) is 6.54 Å². The van der Waals surface area contributed by atoms with Gasteiger partial charge in [0.2, 0.25) is 0 Å². The van der Waals surface area contributed by atoms with E-state index in [-0.39, 0.29) is 0 Å². The molecule has 0 aliphatic heterocycles. The van der Waals surface area contributed by atoms with Crippen molar-refractivity contribution in [3.8, 4) is 0 Å². The van der Waals surface area contributed by atoms with Crippen LogP contribution in [0.15, 0.2) is 25.0 Å². The van der Waals surface area contributed by atoms with Crippen LogP contribution in [0.5, 0.6) is 0 Å². The molecule has 0 aliphatic carbocycles. The summed E-state index contributed by atoms with van der Waals surface area (Å²) in [6, 6.07) is 0. The van der Waals surface area contributed by atoms with E-state index < -0.39 is 0 Å². The lowest BCUT2D eigenvalue weighted by Gasteiger charge is -1.92. The summed E-state index contributed by atoms with van der Waals surface area (Å²) in [6.45, 7) is 4.71. The van der Waals surface area contributed by atoms with Gasteiger partial charge in [-0.05, 0) is 6.42 Å². The molecule has 0 radical (unpaired) electrons. The van der Waals surface area contributed by atoms with Crippen LogP contribution in [0.25, 0.3) is 0 Å². The molecule has 9 heavy (non-hydrogen) atoms. The molecule has 0 saturated carbocycles. The zero-order valence-corrected chi connectivity index (χ0v) is 5.55. The molecule has 0 rings (SSSR count). The predicted molar refractivity (Wildman–Crippen MR) is 39.0 cm³/mol. The third-order valence-corrected chi connectivity index (χ3v) is 0.823. The molecular formula is C7H13NO. The van der Waals surface area contributed by atoms with Crippen LogP contribution in [0, 0.1) is 0 Å². The van der Waals surface area contributed by atoms with E-state index in [1.165, 1.54) is 6.26 Å². The monoisotopic (exact) mass is 127 g/mol. The Bertz CT molecular complexity index is 88.9. The maximum absolute atomic E-state index is 5.20. The summed E-state index contributed by atoms with van der Waals surface area (Å²) in [4.78, 5) is 0. The molecule has 0 aromatic heterocycles. The fourth-order valence-electron chi connectivity index (χ4n) is 0.433. The topological polar surface area (TPSA) is 35.2 Å². The predicted octanol–water partition coefficient (Wildman–Crippen LogP) is 1.05. The summed E-state index contributed by atoms with van der Waals surface area (Å²) >= 11 is 0. The Kier molecular flexibility index (Phi) is 6.63. The van der Waals surface area contributed by atoms with Gasteiger partial charge in [0.25, 0.3) is 0 Å². The van der Waals surface area contributed by atoms with E-state index in [2.05, 4.69) is 6.58 Å². The van der Waals surface area contributed by atoms with Crippen molar-refractivity contribution in [3.63, 3.8) is 0 Å². The number of ether oxygens (including phenoxy) is 1. The number of nitrogens with two attached hydrogens (primary N) is 1. The first-order valence-corrected chi connectivity index (χ1v) is 2.99. The summed E-state index contributed by atoms with van der Waals surface area (Å²) in [6.07, 6.45) is 6.25. The maximum atomic E-state index is 5.20. The van der Waals surface area contributed by atoms with Crippen molar-refractivity contribution < 1.29 is 4.74 Å². The first kappa shape index (κ1) is 8.24. The highest BCUT2D eigenvalue weighted by atomic mass is 16.5. The lowest BCUT2D eigenvalue weighted by molar-refractivity contribution is 0.257. The lowest BCUT2D eigenvalue weighted by Crippen LogP contribution is -1.92. The van der Waals surface area contributed by atoms with Gasteiger partial charge in [-0.15, -0.1) is 0 Å². The molecule has 0 atom stereocenters. The summed E-state index contributed by atoms with van der Waals surface area (Å²) in [5.74, 6) is 0. The van der Waals surface area contributed by atoms with Crippen molar-refractivity contribution in [2.45, 2.75) is 6.42 Å². The van der Waals surface area contributed by atoms with Crippen LogP contribution in [0.3, 0.4) is 0 Å². The van der Waals surface area contributed by atoms with E-state index >= 15 is 0 Å². The summed E-state index contributed by atoms with van der Waals surface area (Å²) in [7, 11) is 0. The summed E-state index contributed by atoms with van der Waals surface area (Å²) in [5.41, 5.74) is 5.20. The maximum Gasteiger partial charge on any atom is 0.0907 e. The molecule has 0 amide bonds. The van der Waals surface area contributed by atoms with Gasteiger partial charge in [-0.2, -0.15) is 0 Å². The second kappa shape index (κ2) is 7.24. The first-order valence-electron chi connectivity index (χ1n) is 2.99. The van der Waals surface area contributed by atoms with Crippen molar-refractivity contribution in [3.05, 3.63) is 25.0 Å². The van der Waals surface area contributed by atoms with Crippen molar-refractivity contribution in [2.75, 3.05) is 13.2 Å². The van der Waals surface area contributed by atoms with Gasteiger partial charge in [0.15, 0.2) is 0 Å². The smallest absolute Gasteiger partial charge is 0.0907 e. The van der Waals surface area contributed by atoms with Crippen LogP contribution in [0.2, 0.25) is 0 Å². The van der Waals surface area contributed by atoms with Gasteiger partial charge in [-0.3, -0.25) is 0 Å². The average Bonchev–Trinajstić information content (AvgIpc) is 1.89. The minimum absolute atomic E-state index is 0.605. The molecule has 2 nitrogen and oxygen atoms in total. The van der Waals surface area contributed by atoms with Crippen LogP contribution in [0.1, 0.15) is 6.42 Å². The van der Waals surface area contributed by atoms with Crippen LogP contribution in [-0.4, -0.2) is 13.2 Å². The second-order valence-corrected chi connectivity index (χ2v) is 1.53. The van der Waals surface area contributed by atoms with Crippen molar-refractivity contribution in [2.24, 2.45) is 5.73 Å². The van der Waals surface area contributed by atoms with E-state index in [4.69, 9.17) is 10.5 Å². The summed E-state index contributed by atoms with van der Waals surface area (Å²) < 4.78 is 4.85. The highest BCUT2D eigenvalue weighted by Gasteiger charge is 1.75. The van der Waals surface area contributed by atoms with Crippen LogP contribution >= 0.6 is 0 Å². The van der Waals surface area contributed by atoms with Gasteiger partial charge >= 0.3 is 0 Å². The van der Waals surface area contributed by atoms with E-state index in [1.807, 2.05) is 12.2 Å². The fourth-order valence-corrected chi connectivity index (χ4v) is 0.433. The zero-order valence-electron chi connectivity index (χ0n) is 5.55. The van der Waals surface area contributed by atoms with Gasteiger partial charge in [0.1, 0.15) is 0 Å². The SMILES string of the molecule is C=COCCC=CCN. The molecule has 0 fully saturated rings. The third-order valence-electron chi connectivity index (χ3n) is 0.823. The molecule has 52 valence electrons. The average molecular weight is 127 g/mol. The molecule has 0 aliphatic rings. The quantitative estimate of drug-likeness (QED) is 0.340. The molecule has 2 N–H and O–H groups in total. The van der Waals surface area contributed by atoms with E-state index in [1.54, 1.807) is 0 Å². The molecule has 2 heteroatoms. The molecular weight excluding hydrogens is 114 g/mol. The Morgan fingerprint density at radius 1 is 1.44 bits per heavy atom. The van der Waals surface area contributed by atoms with Crippen molar-refractivity contribution >= 4 is 0 Å². The Morgan fingerprint density at radius 3 is 2.78 bits per heavy atom. The fraction of sp³-hybridized carbons (Fsp3) is 0.429. The molecule has 0 saturated heterocycles. The van der Waals surface area contributed by atoms with Crippen LogP contribution < -0.4 is 5.73 Å². The Balaban J connectivity index is 2.90. The molecule has 0 bridgehead atoms. The number of rotatable bonds is 5. The molecule has 0 heterocycles. The number of hydrogen-bond donors (Lipinski definition) is 1. The van der Waals surface area contributed by atoms with Crippen LogP contribution in [0.4, 0.5) is 0 Å². The first-order chi connectivity index (χ1) is 4.41. The van der Waals surface area contributed by atoms with E-state index in [9.17, 15) is 0 Å². The molecule has 0 aromatic rings. The van der Waals surface area contributed by atoms with Crippen LogP contribution in [-0.2, 0) is 4.74 Å². The largest absolute Gasteiger partial charge is 0.501 e.